The maximum Gasteiger partial charge on any atom is 0.0887 e. The zero-order chi connectivity index (χ0) is 22.9. The van der Waals surface area contributed by atoms with Crippen molar-refractivity contribution in [2.75, 3.05) is 9.80 Å². The van der Waals surface area contributed by atoms with Gasteiger partial charge in [-0.1, -0.05) is 90.5 Å². The highest BCUT2D eigenvalue weighted by atomic mass is 35.5. The van der Waals surface area contributed by atoms with Crippen molar-refractivity contribution in [2.24, 2.45) is 0 Å². The molecule has 0 atom stereocenters. The van der Waals surface area contributed by atoms with Gasteiger partial charge in [0, 0.05) is 29.2 Å². The van der Waals surface area contributed by atoms with Gasteiger partial charge in [-0.15, -0.1) is 0 Å². The van der Waals surface area contributed by atoms with Crippen LogP contribution in [0, 0.1) is 0 Å². The Morgan fingerprint density at radius 2 is 0.971 bits per heavy atom. The van der Waals surface area contributed by atoms with Gasteiger partial charge in [-0.2, -0.15) is 0 Å². The monoisotopic (exact) mass is 458 g/mol. The second kappa shape index (κ2) is 8.74. The summed E-state index contributed by atoms with van der Waals surface area (Å²) in [5.41, 5.74) is 8.97. The Morgan fingerprint density at radius 3 is 1.53 bits per heavy atom. The number of fused-ring (bicyclic) bond motifs is 2. The average Bonchev–Trinajstić information content (AvgIpc) is 2.90. The van der Waals surface area contributed by atoms with Crippen LogP contribution in [0.2, 0.25) is 5.02 Å². The van der Waals surface area contributed by atoms with Gasteiger partial charge in [0.1, 0.15) is 0 Å². The summed E-state index contributed by atoms with van der Waals surface area (Å²) in [4.78, 5) is 4.52. The van der Waals surface area contributed by atoms with Crippen molar-refractivity contribution in [1.82, 2.24) is 0 Å². The van der Waals surface area contributed by atoms with Crippen molar-refractivity contribution in [2.45, 2.75) is 6.42 Å². The zero-order valence-electron chi connectivity index (χ0n) is 18.6. The molecular weight excluding hydrogens is 436 g/mol. The quantitative estimate of drug-likeness (QED) is 0.260. The van der Waals surface area contributed by atoms with Crippen LogP contribution < -0.4 is 9.80 Å². The van der Waals surface area contributed by atoms with Gasteiger partial charge in [0.25, 0.3) is 0 Å². The van der Waals surface area contributed by atoms with Crippen LogP contribution in [0.1, 0.15) is 11.1 Å². The minimum Gasteiger partial charge on any atom is -0.309 e. The summed E-state index contributed by atoms with van der Waals surface area (Å²) < 4.78 is 0. The predicted molar refractivity (Wildman–Crippen MR) is 144 cm³/mol. The Kier molecular flexibility index (Phi) is 5.29. The number of hydrogen-bond acceptors (Lipinski definition) is 2. The summed E-state index contributed by atoms with van der Waals surface area (Å²) in [6, 6.07) is 44.2. The topological polar surface area (TPSA) is 6.48 Å². The zero-order valence-corrected chi connectivity index (χ0v) is 19.4. The first-order valence-electron chi connectivity index (χ1n) is 11.5. The molecule has 0 radical (unpaired) electrons. The molecule has 0 saturated carbocycles. The van der Waals surface area contributed by atoms with Gasteiger partial charge in [0.2, 0.25) is 0 Å². The summed E-state index contributed by atoms with van der Waals surface area (Å²) in [7, 11) is 0. The molecule has 0 bridgehead atoms. The summed E-state index contributed by atoms with van der Waals surface area (Å²) in [5.74, 6) is 0. The predicted octanol–water partition coefficient (Wildman–Crippen LogP) is 9.18. The Hall–Kier alpha value is -4.01. The molecular formula is C31H23ClN2. The van der Waals surface area contributed by atoms with Crippen molar-refractivity contribution in [1.29, 1.82) is 0 Å². The minimum absolute atomic E-state index is 0.710. The third-order valence-electron chi connectivity index (χ3n) is 6.31. The number of benzene rings is 5. The molecule has 2 nitrogen and oxygen atoms in total. The fraction of sp³-hybridized carbons (Fsp3) is 0.0323. The van der Waals surface area contributed by atoms with Crippen LogP contribution in [0.5, 0.6) is 0 Å². The van der Waals surface area contributed by atoms with Crippen LogP contribution in [0.4, 0.5) is 34.1 Å². The maximum atomic E-state index is 7.29. The van der Waals surface area contributed by atoms with Crippen LogP contribution in [-0.2, 0) is 6.42 Å². The number of rotatable bonds is 4. The first kappa shape index (κ1) is 20.6. The highest BCUT2D eigenvalue weighted by Crippen LogP contribution is 2.49. The number of para-hydroxylation sites is 4. The van der Waals surface area contributed by atoms with Gasteiger partial charge in [0.15, 0.2) is 0 Å². The molecule has 0 saturated heterocycles. The molecule has 5 aromatic carbocycles. The molecule has 164 valence electrons. The van der Waals surface area contributed by atoms with E-state index in [2.05, 4.69) is 125 Å². The van der Waals surface area contributed by atoms with Crippen LogP contribution in [0.25, 0.3) is 0 Å². The Bertz CT molecular complexity index is 1360. The molecule has 6 rings (SSSR count). The van der Waals surface area contributed by atoms with E-state index in [4.69, 9.17) is 11.6 Å². The van der Waals surface area contributed by atoms with Gasteiger partial charge in [-0.3, -0.25) is 0 Å². The summed E-state index contributed by atoms with van der Waals surface area (Å²) >= 11 is 7.29. The molecule has 0 unspecified atom stereocenters. The molecule has 5 aromatic rings. The van der Waals surface area contributed by atoms with Crippen LogP contribution in [0.3, 0.4) is 0 Å². The molecule has 0 N–H and O–H groups in total. The Morgan fingerprint density at radius 1 is 0.500 bits per heavy atom. The van der Waals surface area contributed by atoms with Gasteiger partial charge in [0.05, 0.1) is 16.4 Å². The normalized spacial score (nSPS) is 12.1. The van der Waals surface area contributed by atoms with E-state index in [1.165, 1.54) is 22.5 Å². The molecule has 3 heteroatoms. The van der Waals surface area contributed by atoms with E-state index >= 15 is 0 Å². The van der Waals surface area contributed by atoms with Crippen molar-refractivity contribution in [3.8, 4) is 0 Å². The number of nitrogens with zero attached hydrogens (tertiary/aromatic N) is 2. The average molecular weight is 459 g/mol. The number of hydrogen-bond donors (Lipinski definition) is 0. The molecule has 1 heterocycles. The molecule has 0 fully saturated rings. The van der Waals surface area contributed by atoms with E-state index in [1.54, 1.807) is 0 Å². The molecule has 1 aliphatic rings. The third-order valence-corrected chi connectivity index (χ3v) is 6.70. The number of halogens is 1. The fourth-order valence-electron chi connectivity index (χ4n) is 4.79. The summed E-state index contributed by atoms with van der Waals surface area (Å²) in [6.07, 6.45) is 0.917. The molecule has 0 spiro atoms. The van der Waals surface area contributed by atoms with Crippen LogP contribution in [0.15, 0.2) is 127 Å². The minimum atomic E-state index is 0.710. The smallest absolute Gasteiger partial charge is 0.0887 e. The van der Waals surface area contributed by atoms with Crippen molar-refractivity contribution >= 4 is 45.7 Å². The lowest BCUT2D eigenvalue weighted by Crippen LogP contribution is -2.19. The van der Waals surface area contributed by atoms with E-state index in [0.717, 1.165) is 29.2 Å². The standard InChI is InChI=1S/C31H23ClN2/c32-31-29(33(25-14-3-1-4-15-25)26-16-5-2-6-17-26)20-11-21-30(31)34-27-18-9-7-12-23(27)22-24-13-8-10-19-28(24)34/h1-21H,22H2. The third kappa shape index (κ3) is 3.53. The van der Waals surface area contributed by atoms with Crippen molar-refractivity contribution in [3.05, 3.63) is 144 Å². The number of anilines is 6. The van der Waals surface area contributed by atoms with Crippen molar-refractivity contribution in [3.63, 3.8) is 0 Å². The highest BCUT2D eigenvalue weighted by molar-refractivity contribution is 6.36. The van der Waals surface area contributed by atoms with E-state index in [9.17, 15) is 0 Å². The fourth-order valence-corrected chi connectivity index (χ4v) is 5.08. The van der Waals surface area contributed by atoms with Crippen molar-refractivity contribution < 1.29 is 0 Å². The Balaban J connectivity index is 1.56. The van der Waals surface area contributed by atoms with E-state index < -0.39 is 0 Å². The van der Waals surface area contributed by atoms with E-state index in [0.29, 0.717) is 5.02 Å². The molecule has 0 amide bonds. The SMILES string of the molecule is Clc1c(N(c2ccccc2)c2ccccc2)cccc1N1c2ccccc2Cc2ccccc21. The maximum absolute atomic E-state index is 7.29. The van der Waals surface area contributed by atoms with Gasteiger partial charge in [-0.25, -0.2) is 0 Å². The lowest BCUT2D eigenvalue weighted by molar-refractivity contribution is 1.09. The second-order valence-corrected chi connectivity index (χ2v) is 8.76. The summed E-state index contributed by atoms with van der Waals surface area (Å²) in [5, 5.41) is 0.710. The largest absolute Gasteiger partial charge is 0.309 e. The van der Waals surface area contributed by atoms with Gasteiger partial charge in [-0.05, 0) is 59.7 Å². The first-order valence-corrected chi connectivity index (χ1v) is 11.8. The van der Waals surface area contributed by atoms with E-state index in [-0.39, 0.29) is 0 Å². The molecule has 34 heavy (non-hydrogen) atoms. The lowest BCUT2D eigenvalue weighted by Gasteiger charge is -2.35. The highest BCUT2D eigenvalue weighted by Gasteiger charge is 2.27. The van der Waals surface area contributed by atoms with Gasteiger partial charge < -0.3 is 9.80 Å². The second-order valence-electron chi connectivity index (χ2n) is 8.39. The molecule has 0 aromatic heterocycles. The first-order chi connectivity index (χ1) is 16.8. The lowest BCUT2D eigenvalue weighted by atomic mass is 9.95. The van der Waals surface area contributed by atoms with E-state index in [1.807, 2.05) is 12.1 Å². The van der Waals surface area contributed by atoms with Gasteiger partial charge >= 0.3 is 0 Å². The van der Waals surface area contributed by atoms with Crippen LogP contribution in [-0.4, -0.2) is 0 Å². The Labute approximate surface area is 205 Å². The molecule has 0 aliphatic carbocycles. The van der Waals surface area contributed by atoms with Crippen LogP contribution >= 0.6 is 11.6 Å². The summed E-state index contributed by atoms with van der Waals surface area (Å²) in [6.45, 7) is 0. The molecule has 1 aliphatic heterocycles.